The standard InChI is InChI=1S/2Fe.7H2O/h;;7*1H2. The van der Waals surface area contributed by atoms with Gasteiger partial charge >= 0.3 is 0 Å². The first-order chi connectivity index (χ1) is 0. The average Bonchev–Trinajstić information content (AvgIpc) is 0. The first kappa shape index (κ1) is 1300. The van der Waals surface area contributed by atoms with E-state index in [1.54, 1.807) is 0 Å². The molecular weight excluding hydrogens is 224 g/mol. The molecule has 0 fully saturated rings. The van der Waals surface area contributed by atoms with Crippen molar-refractivity contribution < 1.29 is 72.5 Å². The van der Waals surface area contributed by atoms with Crippen LogP contribution in [0.4, 0.5) is 0 Å². The molecule has 0 aliphatic heterocycles. The predicted octanol–water partition coefficient (Wildman–Crippen LogP) is -5.78. The van der Waals surface area contributed by atoms with Gasteiger partial charge in [0.1, 0.15) is 0 Å². The Morgan fingerprint density at radius 2 is 0.222 bits per heavy atom. The second-order valence-electron chi connectivity index (χ2n) is 0. The van der Waals surface area contributed by atoms with Crippen LogP contribution >= 0.6 is 0 Å². The van der Waals surface area contributed by atoms with Crippen molar-refractivity contribution in [3.05, 3.63) is 0 Å². The fourth-order valence-corrected chi connectivity index (χ4v) is 0. The molecular formula is H14Fe2O7. The van der Waals surface area contributed by atoms with Gasteiger partial charge in [-0.25, -0.2) is 0 Å². The molecule has 0 aromatic rings. The molecule has 0 aliphatic carbocycles. The van der Waals surface area contributed by atoms with Crippen molar-refractivity contribution in [2.24, 2.45) is 0 Å². The van der Waals surface area contributed by atoms with Crippen LogP contribution in [0.5, 0.6) is 0 Å². The number of rotatable bonds is 0. The quantitative estimate of drug-likeness (QED) is 0.359. The molecule has 0 atom stereocenters. The summed E-state index contributed by atoms with van der Waals surface area (Å²) in [6.45, 7) is 0. The summed E-state index contributed by atoms with van der Waals surface area (Å²) in [7, 11) is 0. The van der Waals surface area contributed by atoms with Gasteiger partial charge in [-0.1, -0.05) is 0 Å². The van der Waals surface area contributed by atoms with Crippen molar-refractivity contribution in [2.45, 2.75) is 0 Å². The zero-order valence-electron chi connectivity index (χ0n) is 4.21. The molecule has 0 spiro atoms. The van der Waals surface area contributed by atoms with Gasteiger partial charge in [-0.2, -0.15) is 0 Å². The summed E-state index contributed by atoms with van der Waals surface area (Å²) in [5.41, 5.74) is 0. The summed E-state index contributed by atoms with van der Waals surface area (Å²) < 4.78 is 0. The number of hydrogen-bond acceptors (Lipinski definition) is 0. The van der Waals surface area contributed by atoms with Crippen LogP contribution in [0.1, 0.15) is 0 Å². The molecule has 0 aromatic heterocycles. The Bertz CT molecular complexity index is 6.88. The Labute approximate surface area is 72.9 Å². The molecule has 0 aliphatic rings. The maximum atomic E-state index is 0. The summed E-state index contributed by atoms with van der Waals surface area (Å²) >= 11 is 0. The van der Waals surface area contributed by atoms with Crippen LogP contribution in [-0.4, -0.2) is 38.3 Å². The van der Waals surface area contributed by atoms with E-state index in [-0.39, 0.29) is 72.5 Å². The molecule has 0 heterocycles. The maximum Gasteiger partial charge on any atom is 0 e. The molecule has 0 unspecified atom stereocenters. The summed E-state index contributed by atoms with van der Waals surface area (Å²) in [6, 6.07) is 0. The van der Waals surface area contributed by atoms with Crippen LogP contribution in [-0.2, 0) is 34.1 Å². The summed E-state index contributed by atoms with van der Waals surface area (Å²) in [5, 5.41) is 0. The topological polar surface area (TPSA) is 220 Å². The van der Waals surface area contributed by atoms with Crippen LogP contribution in [0.25, 0.3) is 0 Å². The minimum Gasteiger partial charge on any atom is -0.412 e. The molecule has 0 aromatic carbocycles. The Balaban J connectivity index is 0. The zero-order chi connectivity index (χ0) is 0. The fourth-order valence-electron chi connectivity index (χ4n) is 0. The van der Waals surface area contributed by atoms with Crippen molar-refractivity contribution in [3.63, 3.8) is 0 Å². The molecule has 0 bridgehead atoms. The second kappa shape index (κ2) is 915. The van der Waals surface area contributed by atoms with E-state index in [2.05, 4.69) is 0 Å². The molecule has 14 N–H and O–H groups in total. The summed E-state index contributed by atoms with van der Waals surface area (Å²) in [6.07, 6.45) is 0. The van der Waals surface area contributed by atoms with Crippen LogP contribution in [0.15, 0.2) is 0 Å². The normalized spacial score (nSPS) is 0. The van der Waals surface area contributed by atoms with E-state index in [9.17, 15) is 0 Å². The van der Waals surface area contributed by atoms with Gasteiger partial charge in [0.15, 0.2) is 0 Å². The third-order valence-corrected chi connectivity index (χ3v) is 0. The van der Waals surface area contributed by atoms with Gasteiger partial charge in [-0.3, -0.25) is 0 Å². The Hall–Kier alpha value is 0.759. The van der Waals surface area contributed by atoms with Gasteiger partial charge in [0, 0.05) is 34.1 Å². The molecule has 9 heavy (non-hydrogen) atoms. The smallest absolute Gasteiger partial charge is 0 e. The van der Waals surface area contributed by atoms with Gasteiger partial charge in [0.05, 0.1) is 0 Å². The monoisotopic (exact) mass is 238 g/mol. The van der Waals surface area contributed by atoms with Crippen LogP contribution in [0, 0.1) is 0 Å². The maximum absolute atomic E-state index is 0. The van der Waals surface area contributed by atoms with Crippen molar-refractivity contribution in [1.29, 1.82) is 0 Å². The van der Waals surface area contributed by atoms with Gasteiger partial charge in [0.2, 0.25) is 0 Å². The molecule has 9 heteroatoms. The SMILES string of the molecule is O.O.O.O.O.O.O.[Fe].[Fe]. The van der Waals surface area contributed by atoms with Crippen molar-refractivity contribution in [1.82, 2.24) is 0 Å². The van der Waals surface area contributed by atoms with Crippen molar-refractivity contribution in [3.8, 4) is 0 Å². The fraction of sp³-hybridized carbons (Fsp3) is 0. The first-order valence-electron chi connectivity index (χ1n) is 0. The van der Waals surface area contributed by atoms with E-state index >= 15 is 0 Å². The third kappa shape index (κ3) is 695. The van der Waals surface area contributed by atoms with E-state index in [4.69, 9.17) is 0 Å². The van der Waals surface area contributed by atoms with E-state index in [1.807, 2.05) is 0 Å². The third-order valence-electron chi connectivity index (χ3n) is 0. The predicted molar refractivity (Wildman–Crippen MR) is 25.3 cm³/mol. The van der Waals surface area contributed by atoms with Gasteiger partial charge in [-0.15, -0.1) is 0 Å². The molecule has 0 saturated heterocycles. The Morgan fingerprint density at radius 3 is 0.222 bits per heavy atom. The second-order valence-corrected chi connectivity index (χ2v) is 0. The van der Waals surface area contributed by atoms with Crippen LogP contribution < -0.4 is 0 Å². The molecule has 0 rings (SSSR count). The van der Waals surface area contributed by atoms with Crippen molar-refractivity contribution >= 4 is 0 Å². The van der Waals surface area contributed by atoms with E-state index in [1.165, 1.54) is 0 Å². The van der Waals surface area contributed by atoms with E-state index < -0.39 is 0 Å². The summed E-state index contributed by atoms with van der Waals surface area (Å²) in [4.78, 5) is 0. The molecule has 7 nitrogen and oxygen atoms in total. The average molecular weight is 238 g/mol. The van der Waals surface area contributed by atoms with Gasteiger partial charge in [-0.05, 0) is 0 Å². The summed E-state index contributed by atoms with van der Waals surface area (Å²) in [5.74, 6) is 0. The minimum absolute atomic E-state index is 0. The Kier molecular flexibility index (Phi) is 132000. The van der Waals surface area contributed by atoms with Crippen molar-refractivity contribution in [2.75, 3.05) is 0 Å². The molecule has 0 radical (unpaired) electrons. The Morgan fingerprint density at radius 1 is 0.222 bits per heavy atom. The van der Waals surface area contributed by atoms with E-state index in [0.29, 0.717) is 0 Å². The van der Waals surface area contributed by atoms with E-state index in [0.717, 1.165) is 0 Å². The zero-order valence-corrected chi connectivity index (χ0v) is 6.42. The number of hydrogen-bond donors (Lipinski definition) is 0. The van der Waals surface area contributed by atoms with Crippen LogP contribution in [0.3, 0.4) is 0 Å². The minimum atomic E-state index is 0. The molecule has 0 amide bonds. The first-order valence-corrected chi connectivity index (χ1v) is 0. The van der Waals surface area contributed by atoms with Gasteiger partial charge in [0.25, 0.3) is 0 Å². The molecule has 0 saturated carbocycles. The van der Waals surface area contributed by atoms with Gasteiger partial charge < -0.3 is 38.3 Å². The largest absolute Gasteiger partial charge is 0.412 e. The molecule has 72 valence electrons. The van der Waals surface area contributed by atoms with Crippen LogP contribution in [0.2, 0.25) is 0 Å².